The Morgan fingerprint density at radius 3 is 2.89 bits per heavy atom. The largest absolute Gasteiger partial charge is 0.323 e. The van der Waals surface area contributed by atoms with Gasteiger partial charge in [-0.25, -0.2) is 5.01 Å². The number of carbonyl (C=O) groups excluding carboxylic acids is 2. The van der Waals surface area contributed by atoms with Crippen LogP contribution in [-0.4, -0.2) is 39.3 Å². The van der Waals surface area contributed by atoms with E-state index in [2.05, 4.69) is 15.4 Å². The molecule has 0 atom stereocenters. The second kappa shape index (κ2) is 8.30. The van der Waals surface area contributed by atoms with Crippen molar-refractivity contribution in [1.82, 2.24) is 14.6 Å². The highest BCUT2D eigenvalue weighted by Gasteiger charge is 2.19. The number of nitrogens with zero attached hydrogens (tertiary/aromatic N) is 4. The number of carbonyl (C=O) groups is 2. The summed E-state index contributed by atoms with van der Waals surface area (Å²) in [6, 6.07) is 6.72. The maximum atomic E-state index is 13.7. The highest BCUT2D eigenvalue weighted by Crippen LogP contribution is 2.28. The van der Waals surface area contributed by atoms with Crippen molar-refractivity contribution in [3.8, 4) is 0 Å². The fourth-order valence-electron chi connectivity index (χ4n) is 2.82. The quantitative estimate of drug-likeness (QED) is 0.297. The van der Waals surface area contributed by atoms with E-state index in [1.54, 1.807) is 18.3 Å². The van der Waals surface area contributed by atoms with Crippen molar-refractivity contribution in [3.63, 3.8) is 0 Å². The van der Waals surface area contributed by atoms with Crippen LogP contribution in [0.2, 0.25) is 0 Å². The van der Waals surface area contributed by atoms with Crippen LogP contribution in [0.5, 0.6) is 0 Å². The molecular formula is C19H20FN5O2S. The lowest BCUT2D eigenvalue weighted by Crippen LogP contribution is -2.32. The number of anilines is 1. The van der Waals surface area contributed by atoms with Gasteiger partial charge >= 0.3 is 0 Å². The monoisotopic (exact) mass is 401 g/mol. The first kappa shape index (κ1) is 19.7. The van der Waals surface area contributed by atoms with Gasteiger partial charge in [0, 0.05) is 23.9 Å². The smallest absolute Gasteiger partial charge is 0.246 e. The number of hydrazone groups is 1. The molecule has 3 aromatic heterocycles. The lowest BCUT2D eigenvalue weighted by molar-refractivity contribution is -0.125. The zero-order valence-corrected chi connectivity index (χ0v) is 16.5. The molecule has 2 amide bonds. The van der Waals surface area contributed by atoms with E-state index >= 15 is 0 Å². The molecular weight excluding hydrogens is 381 g/mol. The summed E-state index contributed by atoms with van der Waals surface area (Å²) in [4.78, 5) is 27.7. The average Bonchev–Trinajstić information content (AvgIpc) is 3.13. The Balaban J connectivity index is 1.88. The van der Waals surface area contributed by atoms with Gasteiger partial charge < -0.3 is 5.32 Å². The molecule has 3 rings (SSSR count). The van der Waals surface area contributed by atoms with Gasteiger partial charge in [0.1, 0.15) is 12.4 Å². The maximum absolute atomic E-state index is 13.7. The van der Waals surface area contributed by atoms with E-state index in [0.717, 1.165) is 26.7 Å². The molecule has 146 valence electrons. The molecule has 0 saturated heterocycles. The fourth-order valence-corrected chi connectivity index (χ4v) is 3.69. The molecule has 7 nitrogen and oxygen atoms in total. The van der Waals surface area contributed by atoms with Crippen molar-refractivity contribution in [3.05, 3.63) is 47.5 Å². The van der Waals surface area contributed by atoms with Gasteiger partial charge in [-0.05, 0) is 25.1 Å². The standard InChI is InChI=1S/C19H20FN5O2S/c1-12(2)19(25-13(3)7-16-15(25)8-17(20)28-16)23-24(11-26)10-18(27)22-14-5-4-6-21-9-14/h4-9,11-12H,10H2,1-3H3,(H,22,27)/b23-19-. The molecule has 28 heavy (non-hydrogen) atoms. The molecule has 0 radical (unpaired) electrons. The normalized spacial score (nSPS) is 11.8. The Bertz CT molecular complexity index is 1030. The van der Waals surface area contributed by atoms with Crippen LogP contribution in [0.4, 0.5) is 10.1 Å². The fraction of sp³-hybridized carbons (Fsp3) is 0.263. The van der Waals surface area contributed by atoms with E-state index in [4.69, 9.17) is 0 Å². The van der Waals surface area contributed by atoms with Crippen LogP contribution < -0.4 is 5.32 Å². The molecule has 0 aliphatic carbocycles. The molecule has 0 aromatic carbocycles. The number of hydrogen-bond acceptors (Lipinski definition) is 5. The second-order valence-corrected chi connectivity index (χ2v) is 7.56. The minimum Gasteiger partial charge on any atom is -0.323 e. The maximum Gasteiger partial charge on any atom is 0.246 e. The molecule has 0 saturated carbocycles. The zero-order chi connectivity index (χ0) is 20.3. The van der Waals surface area contributed by atoms with E-state index in [1.807, 2.05) is 31.4 Å². The Labute approximate surface area is 165 Å². The van der Waals surface area contributed by atoms with E-state index < -0.39 is 5.91 Å². The molecule has 0 bridgehead atoms. The van der Waals surface area contributed by atoms with Crippen molar-refractivity contribution in [2.45, 2.75) is 20.8 Å². The number of hydrogen-bond donors (Lipinski definition) is 1. The minimum atomic E-state index is -0.400. The third kappa shape index (κ3) is 4.25. The summed E-state index contributed by atoms with van der Waals surface area (Å²) < 4.78 is 16.3. The molecule has 0 fully saturated rings. The number of thiophene rings is 1. The van der Waals surface area contributed by atoms with Crippen molar-refractivity contribution >= 4 is 45.4 Å². The summed E-state index contributed by atoms with van der Waals surface area (Å²) in [5.74, 6) is 0.0792. The average molecular weight is 401 g/mol. The molecule has 1 N–H and O–H groups in total. The number of rotatable bonds is 6. The molecule has 0 unspecified atom stereocenters. The van der Waals surface area contributed by atoms with Gasteiger partial charge in [0.25, 0.3) is 0 Å². The molecule has 3 aromatic rings. The molecule has 0 aliphatic heterocycles. The molecule has 0 spiro atoms. The summed E-state index contributed by atoms with van der Waals surface area (Å²) in [6.07, 6.45) is 3.60. The van der Waals surface area contributed by atoms with Gasteiger partial charge in [-0.15, -0.1) is 11.3 Å². The van der Waals surface area contributed by atoms with Gasteiger partial charge in [-0.1, -0.05) is 13.8 Å². The first-order valence-electron chi connectivity index (χ1n) is 8.67. The first-order valence-corrected chi connectivity index (χ1v) is 9.48. The summed E-state index contributed by atoms with van der Waals surface area (Å²) >= 11 is 1.06. The van der Waals surface area contributed by atoms with Crippen LogP contribution in [0.3, 0.4) is 0 Å². The topological polar surface area (TPSA) is 79.6 Å². The second-order valence-electron chi connectivity index (χ2n) is 6.53. The third-order valence-corrected chi connectivity index (χ3v) is 4.85. The van der Waals surface area contributed by atoms with E-state index in [1.165, 1.54) is 12.3 Å². The zero-order valence-electron chi connectivity index (χ0n) is 15.7. The van der Waals surface area contributed by atoms with E-state index in [-0.39, 0.29) is 17.6 Å². The number of aryl methyl sites for hydroxylation is 1. The van der Waals surface area contributed by atoms with Crippen molar-refractivity contribution in [2.75, 3.05) is 11.9 Å². The van der Waals surface area contributed by atoms with Crippen molar-refractivity contribution in [1.29, 1.82) is 0 Å². The van der Waals surface area contributed by atoms with Crippen LogP contribution in [0.25, 0.3) is 10.2 Å². The van der Waals surface area contributed by atoms with E-state index in [0.29, 0.717) is 23.4 Å². The summed E-state index contributed by atoms with van der Waals surface area (Å²) in [5, 5.41) is 7.80. The lowest BCUT2D eigenvalue weighted by atomic mass is 10.2. The van der Waals surface area contributed by atoms with Crippen molar-refractivity contribution in [2.24, 2.45) is 11.0 Å². The molecule has 0 aliphatic rings. The van der Waals surface area contributed by atoms with Crippen LogP contribution in [-0.2, 0) is 9.59 Å². The first-order chi connectivity index (χ1) is 13.4. The third-order valence-electron chi connectivity index (χ3n) is 3.99. The van der Waals surface area contributed by atoms with Gasteiger partial charge in [0.05, 0.1) is 22.1 Å². The molecule has 3 heterocycles. The number of aromatic nitrogens is 2. The highest BCUT2D eigenvalue weighted by molar-refractivity contribution is 7.17. The summed E-state index contributed by atoms with van der Waals surface area (Å²) in [5.41, 5.74) is 2.10. The van der Waals surface area contributed by atoms with Crippen molar-refractivity contribution < 1.29 is 14.0 Å². The van der Waals surface area contributed by atoms with Crippen LogP contribution in [0.15, 0.2) is 41.8 Å². The number of pyridine rings is 1. The van der Waals surface area contributed by atoms with Gasteiger partial charge in [-0.3, -0.25) is 19.1 Å². The Kier molecular flexibility index (Phi) is 5.84. The van der Waals surface area contributed by atoms with Gasteiger partial charge in [0.2, 0.25) is 12.3 Å². The highest BCUT2D eigenvalue weighted by atomic mass is 32.1. The Morgan fingerprint density at radius 1 is 1.46 bits per heavy atom. The summed E-state index contributed by atoms with van der Waals surface area (Å²) in [7, 11) is 0. The number of amides is 2. The number of nitrogens with one attached hydrogen (secondary N) is 1. The predicted octanol–water partition coefficient (Wildman–Crippen LogP) is 3.46. The number of halogens is 1. The van der Waals surface area contributed by atoms with Gasteiger partial charge in [-0.2, -0.15) is 9.49 Å². The predicted molar refractivity (Wildman–Crippen MR) is 108 cm³/mol. The Hall–Kier alpha value is -3.07. The number of fused-ring (bicyclic) bond motifs is 1. The van der Waals surface area contributed by atoms with Crippen LogP contribution in [0, 0.1) is 18.0 Å². The lowest BCUT2D eigenvalue weighted by Gasteiger charge is -2.19. The molecule has 9 heteroatoms. The Morgan fingerprint density at radius 2 is 2.25 bits per heavy atom. The van der Waals surface area contributed by atoms with Gasteiger partial charge in [0.15, 0.2) is 5.13 Å². The minimum absolute atomic E-state index is 0.0684. The van der Waals surface area contributed by atoms with E-state index in [9.17, 15) is 14.0 Å². The van der Waals surface area contributed by atoms with Crippen LogP contribution in [0.1, 0.15) is 19.5 Å². The summed E-state index contributed by atoms with van der Waals surface area (Å²) in [6.45, 7) is 5.48. The SMILES string of the molecule is Cc1cc2sc(F)cc2n1/C(=N\N(C=O)CC(=O)Nc1cccnc1)C(C)C. The van der Waals surface area contributed by atoms with Crippen LogP contribution >= 0.6 is 11.3 Å².